The highest BCUT2D eigenvalue weighted by Gasteiger charge is 2.83. The maximum Gasteiger partial charge on any atom is 0.397 e. The predicted molar refractivity (Wildman–Crippen MR) is 87.0 cm³/mol. The fourth-order valence-corrected chi connectivity index (χ4v) is 7.96. The molecule has 3 unspecified atom stereocenters. The summed E-state index contributed by atoms with van der Waals surface area (Å²) in [4.78, 5) is 55.8. The minimum Gasteiger partial charge on any atom is -0.464 e. The Bertz CT molecular complexity index is 551. The fourth-order valence-electron chi connectivity index (χ4n) is 1.58. The van der Waals surface area contributed by atoms with Gasteiger partial charge in [0.2, 0.25) is 0 Å². The predicted octanol–water partition coefficient (Wildman–Crippen LogP) is 1.66. The summed E-state index contributed by atoms with van der Waals surface area (Å²) in [5, 5.41) is 0. The quantitative estimate of drug-likeness (QED) is 0.147. The summed E-state index contributed by atoms with van der Waals surface area (Å²) in [6.07, 6.45) is 0. The maximum absolute atomic E-state index is 12.7. The first-order valence-electron chi connectivity index (χ1n) is 7.51. The molecule has 0 fully saturated rings. The van der Waals surface area contributed by atoms with Crippen LogP contribution in [-0.2, 0) is 51.9 Å². The molecular formula is C10H23O14P3. The van der Waals surface area contributed by atoms with E-state index in [0.717, 1.165) is 0 Å². The Kier molecular flexibility index (Phi) is 11.0. The third-order valence-corrected chi connectivity index (χ3v) is 10.9. The number of carbonyl (C=O) groups is 1. The van der Waals surface area contributed by atoms with Crippen LogP contribution in [0.4, 0.5) is 0 Å². The van der Waals surface area contributed by atoms with Crippen molar-refractivity contribution >= 4 is 28.8 Å². The van der Waals surface area contributed by atoms with E-state index in [2.05, 4.69) is 33.4 Å². The molecule has 0 radical (unpaired) electrons. The Morgan fingerprint density at radius 2 is 1.00 bits per heavy atom. The van der Waals surface area contributed by atoms with Crippen LogP contribution in [0.1, 0.15) is 27.7 Å². The van der Waals surface area contributed by atoms with E-state index in [1.807, 2.05) is 0 Å². The molecule has 3 atom stereocenters. The molecule has 0 bridgehead atoms. The highest BCUT2D eigenvalue weighted by atomic mass is 31.3. The van der Waals surface area contributed by atoms with Gasteiger partial charge in [-0.1, -0.05) is 0 Å². The van der Waals surface area contributed by atoms with Gasteiger partial charge in [-0.25, -0.2) is 19.5 Å². The first kappa shape index (κ1) is 26.8. The summed E-state index contributed by atoms with van der Waals surface area (Å²) < 4.78 is 50.7. The first-order chi connectivity index (χ1) is 12.4. The van der Waals surface area contributed by atoms with Gasteiger partial charge in [0.25, 0.3) is 0 Å². The second-order valence-electron chi connectivity index (χ2n) is 4.36. The van der Waals surface area contributed by atoms with Crippen molar-refractivity contribution in [2.75, 3.05) is 26.4 Å². The van der Waals surface area contributed by atoms with Crippen LogP contribution in [0.15, 0.2) is 0 Å². The van der Waals surface area contributed by atoms with E-state index in [4.69, 9.17) is 0 Å². The summed E-state index contributed by atoms with van der Waals surface area (Å²) in [6, 6.07) is 0. The molecule has 17 heteroatoms. The largest absolute Gasteiger partial charge is 0.464 e. The van der Waals surface area contributed by atoms with Crippen molar-refractivity contribution in [3.63, 3.8) is 0 Å². The average molecular weight is 460 g/mol. The van der Waals surface area contributed by atoms with E-state index in [0.29, 0.717) is 0 Å². The zero-order valence-electron chi connectivity index (χ0n) is 15.0. The lowest BCUT2D eigenvalue weighted by Crippen LogP contribution is -2.41. The van der Waals surface area contributed by atoms with Crippen molar-refractivity contribution in [1.29, 1.82) is 0 Å². The first-order valence-corrected chi connectivity index (χ1v) is 12.2. The van der Waals surface area contributed by atoms with Gasteiger partial charge in [0.05, 0.1) is 26.4 Å². The lowest BCUT2D eigenvalue weighted by atomic mass is 10.7. The molecule has 0 saturated carbocycles. The Balaban J connectivity index is 6.84. The molecule has 0 rings (SSSR count). The lowest BCUT2D eigenvalue weighted by Gasteiger charge is -2.35. The van der Waals surface area contributed by atoms with Gasteiger partial charge >= 0.3 is 33.4 Å². The zero-order valence-corrected chi connectivity index (χ0v) is 17.7. The molecule has 0 spiro atoms. The van der Waals surface area contributed by atoms with Crippen LogP contribution in [-0.4, -0.2) is 51.7 Å². The zero-order chi connectivity index (χ0) is 21.4. The van der Waals surface area contributed by atoms with Crippen LogP contribution in [0.5, 0.6) is 0 Å². The van der Waals surface area contributed by atoms with E-state index in [1.54, 1.807) is 0 Å². The number of hydrogen-bond donors (Lipinski definition) is 3. The maximum atomic E-state index is 12.7. The molecule has 0 aliphatic rings. The highest BCUT2D eigenvalue weighted by molar-refractivity contribution is 7.91. The Hall–Kier alpha value is -0.200. The summed E-state index contributed by atoms with van der Waals surface area (Å²) in [7, 11) is -18.0. The summed E-state index contributed by atoms with van der Waals surface area (Å²) in [5.74, 6) is -2.12. The molecule has 0 amide bonds. The summed E-state index contributed by atoms with van der Waals surface area (Å²) in [5.41, 5.74) is 0. The van der Waals surface area contributed by atoms with Gasteiger partial charge in [0.15, 0.2) is 0 Å². The smallest absolute Gasteiger partial charge is 0.397 e. The molecule has 0 aromatic carbocycles. The molecule has 14 nitrogen and oxygen atoms in total. The molecular weight excluding hydrogens is 437 g/mol. The van der Waals surface area contributed by atoms with Gasteiger partial charge < -0.3 is 19.4 Å². The van der Waals surface area contributed by atoms with Gasteiger partial charge in [-0.2, -0.15) is 0 Å². The van der Waals surface area contributed by atoms with Crippen molar-refractivity contribution < 1.29 is 66.6 Å². The van der Waals surface area contributed by atoms with E-state index in [9.17, 15) is 33.2 Å². The standard InChI is InChI=1S/C10H23O14P3/c1-5-18-9(11)10(25(12,13)22-19-6-2,26(14,15)23-20-7-3)27(16,17)24-21-8-4/h5-8H2,1-4H3,(H,12,13)(H,14,15)(H,16,17). The number of carbonyl (C=O) groups excluding carboxylic acids is 1. The molecule has 0 saturated heterocycles. The molecule has 0 aromatic heterocycles. The lowest BCUT2D eigenvalue weighted by molar-refractivity contribution is -0.222. The molecule has 0 aliphatic heterocycles. The van der Waals surface area contributed by atoms with Crippen molar-refractivity contribution in [1.82, 2.24) is 0 Å². The van der Waals surface area contributed by atoms with Crippen LogP contribution >= 0.6 is 22.8 Å². The monoisotopic (exact) mass is 460 g/mol. The van der Waals surface area contributed by atoms with Gasteiger partial charge in [-0.3, -0.25) is 13.7 Å². The van der Waals surface area contributed by atoms with Gasteiger partial charge in [-0.15, -0.1) is 14.0 Å². The Morgan fingerprint density at radius 3 is 1.22 bits per heavy atom. The molecule has 162 valence electrons. The molecule has 3 N–H and O–H groups in total. The van der Waals surface area contributed by atoms with E-state index in [1.165, 1.54) is 27.7 Å². The van der Waals surface area contributed by atoms with Crippen molar-refractivity contribution in [2.24, 2.45) is 0 Å². The van der Waals surface area contributed by atoms with Crippen LogP contribution in [0.3, 0.4) is 0 Å². The molecule has 27 heavy (non-hydrogen) atoms. The van der Waals surface area contributed by atoms with Crippen LogP contribution in [0.2, 0.25) is 0 Å². The minimum atomic E-state index is -5.99. The van der Waals surface area contributed by atoms with E-state index in [-0.39, 0.29) is 19.8 Å². The van der Waals surface area contributed by atoms with E-state index < -0.39 is 40.0 Å². The molecule has 0 heterocycles. The topological polar surface area (TPSA) is 194 Å². The fraction of sp³-hybridized carbons (Fsp3) is 0.900. The van der Waals surface area contributed by atoms with Crippen molar-refractivity contribution in [3.05, 3.63) is 0 Å². The number of ether oxygens (including phenoxy) is 1. The number of esters is 1. The minimum absolute atomic E-state index is 0.381. The Labute approximate surface area is 155 Å². The SMILES string of the molecule is CCOOP(=O)(O)C(C(=O)OCC)(P(=O)(O)OOCC)P(=O)(O)OOCC. The normalized spacial score (nSPS) is 20.7. The van der Waals surface area contributed by atoms with Crippen LogP contribution < -0.4 is 0 Å². The van der Waals surface area contributed by atoms with Crippen molar-refractivity contribution in [3.8, 4) is 0 Å². The second kappa shape index (κ2) is 11.1. The van der Waals surface area contributed by atoms with Gasteiger partial charge in [0.1, 0.15) is 0 Å². The second-order valence-corrected chi connectivity index (χ2v) is 11.0. The van der Waals surface area contributed by atoms with Crippen molar-refractivity contribution in [2.45, 2.75) is 32.3 Å². The van der Waals surface area contributed by atoms with E-state index >= 15 is 0 Å². The average Bonchev–Trinajstić information content (AvgIpc) is 2.56. The van der Waals surface area contributed by atoms with Crippen LogP contribution in [0, 0.1) is 0 Å². The number of rotatable bonds is 14. The molecule has 0 aliphatic carbocycles. The van der Waals surface area contributed by atoms with Crippen LogP contribution in [0.25, 0.3) is 0 Å². The highest BCUT2D eigenvalue weighted by Crippen LogP contribution is 2.87. The van der Waals surface area contributed by atoms with Gasteiger partial charge in [-0.05, 0) is 27.7 Å². The third-order valence-electron chi connectivity index (χ3n) is 2.55. The third kappa shape index (κ3) is 5.66. The number of hydrogen-bond acceptors (Lipinski definition) is 11. The van der Waals surface area contributed by atoms with Gasteiger partial charge in [0, 0.05) is 0 Å². The summed E-state index contributed by atoms with van der Waals surface area (Å²) >= 11 is 0. The molecule has 0 aromatic rings. The Morgan fingerprint density at radius 1 is 0.704 bits per heavy atom. The summed E-state index contributed by atoms with van der Waals surface area (Å²) in [6.45, 7) is 3.41.